The van der Waals surface area contributed by atoms with E-state index in [9.17, 15) is 0 Å². The lowest BCUT2D eigenvalue weighted by molar-refractivity contribution is 0.509. The molecular formula is C19H15Cl2N5OS2. The predicted molar refractivity (Wildman–Crippen MR) is 118 cm³/mol. The minimum atomic E-state index is -0.113. The lowest BCUT2D eigenvalue weighted by Crippen LogP contribution is -2.02. The van der Waals surface area contributed by atoms with Crippen LogP contribution in [0.15, 0.2) is 57.9 Å². The summed E-state index contributed by atoms with van der Waals surface area (Å²) in [5.74, 6) is 1.69. The normalized spacial score (nSPS) is 12.2. The zero-order valence-electron chi connectivity index (χ0n) is 15.2. The molecule has 4 rings (SSSR count). The van der Waals surface area contributed by atoms with Gasteiger partial charge >= 0.3 is 0 Å². The van der Waals surface area contributed by atoms with Gasteiger partial charge in [0.05, 0.1) is 15.1 Å². The van der Waals surface area contributed by atoms with Crippen LogP contribution in [0.1, 0.15) is 18.1 Å². The van der Waals surface area contributed by atoms with Gasteiger partial charge in [-0.1, -0.05) is 47.1 Å². The number of halogens is 2. The minimum Gasteiger partial charge on any atom is -0.419 e. The molecule has 0 fully saturated rings. The molecule has 6 nitrogen and oxygen atoms in total. The minimum absolute atomic E-state index is 0.113. The van der Waals surface area contributed by atoms with Gasteiger partial charge in [0.2, 0.25) is 5.89 Å². The van der Waals surface area contributed by atoms with Crippen molar-refractivity contribution in [2.45, 2.75) is 23.9 Å². The first-order valence-corrected chi connectivity index (χ1v) is 11.1. The molecule has 0 saturated heterocycles. The summed E-state index contributed by atoms with van der Waals surface area (Å²) < 4.78 is 7.78. The van der Waals surface area contributed by atoms with Crippen LogP contribution >= 0.6 is 46.3 Å². The lowest BCUT2D eigenvalue weighted by atomic mass is 10.2. The van der Waals surface area contributed by atoms with Gasteiger partial charge in [0.15, 0.2) is 11.0 Å². The van der Waals surface area contributed by atoms with Gasteiger partial charge in [-0.25, -0.2) is 0 Å². The molecular weight excluding hydrogens is 449 g/mol. The number of rotatable bonds is 7. The van der Waals surface area contributed by atoms with E-state index in [1.54, 1.807) is 29.5 Å². The van der Waals surface area contributed by atoms with Crippen LogP contribution in [-0.4, -0.2) is 25.0 Å². The van der Waals surface area contributed by atoms with Gasteiger partial charge in [-0.05, 0) is 36.6 Å². The first-order chi connectivity index (χ1) is 14.1. The number of benzene rings is 1. The van der Waals surface area contributed by atoms with Crippen molar-refractivity contribution in [3.05, 3.63) is 64.3 Å². The lowest BCUT2D eigenvalue weighted by Gasteiger charge is -2.10. The molecule has 1 atom stereocenters. The van der Waals surface area contributed by atoms with Crippen LogP contribution in [0, 0.1) is 0 Å². The van der Waals surface area contributed by atoms with Crippen LogP contribution in [0.5, 0.6) is 0 Å². The van der Waals surface area contributed by atoms with Crippen LogP contribution in [0.25, 0.3) is 22.2 Å². The van der Waals surface area contributed by atoms with E-state index in [1.165, 1.54) is 11.8 Å². The van der Waals surface area contributed by atoms with E-state index >= 15 is 0 Å². The molecule has 0 aliphatic carbocycles. The number of aromatic nitrogens is 5. The van der Waals surface area contributed by atoms with Gasteiger partial charge in [0, 0.05) is 17.1 Å². The molecule has 3 aromatic heterocycles. The fourth-order valence-corrected chi connectivity index (χ4v) is 4.67. The van der Waals surface area contributed by atoms with Gasteiger partial charge in [-0.3, -0.25) is 4.57 Å². The number of allylic oxidation sites excluding steroid dienone is 1. The molecule has 0 radical (unpaired) electrons. The summed E-state index contributed by atoms with van der Waals surface area (Å²) in [6, 6.07) is 9.18. The number of hydrogen-bond donors (Lipinski definition) is 0. The Morgan fingerprint density at radius 1 is 1.24 bits per heavy atom. The Bertz CT molecular complexity index is 1140. The molecule has 4 aromatic rings. The van der Waals surface area contributed by atoms with Crippen molar-refractivity contribution in [2.24, 2.45) is 0 Å². The van der Waals surface area contributed by atoms with Crippen LogP contribution in [-0.2, 0) is 6.54 Å². The predicted octanol–water partition coefficient (Wildman–Crippen LogP) is 6.40. The fraction of sp³-hybridized carbons (Fsp3) is 0.158. The Labute approximate surface area is 185 Å². The third-order valence-corrected chi connectivity index (χ3v) is 6.48. The van der Waals surface area contributed by atoms with E-state index in [0.717, 1.165) is 10.4 Å². The van der Waals surface area contributed by atoms with Crippen molar-refractivity contribution < 1.29 is 4.42 Å². The second kappa shape index (κ2) is 8.71. The zero-order valence-corrected chi connectivity index (χ0v) is 18.4. The average molecular weight is 464 g/mol. The van der Waals surface area contributed by atoms with Crippen LogP contribution < -0.4 is 0 Å². The highest BCUT2D eigenvalue weighted by Crippen LogP contribution is 2.37. The fourth-order valence-electron chi connectivity index (χ4n) is 2.65. The maximum absolute atomic E-state index is 6.37. The highest BCUT2D eigenvalue weighted by Gasteiger charge is 2.22. The van der Waals surface area contributed by atoms with E-state index in [0.29, 0.717) is 39.4 Å². The quantitative estimate of drug-likeness (QED) is 0.233. The van der Waals surface area contributed by atoms with Crippen molar-refractivity contribution in [1.82, 2.24) is 25.0 Å². The Hall–Kier alpha value is -2.13. The van der Waals surface area contributed by atoms with Gasteiger partial charge in [0.1, 0.15) is 0 Å². The molecule has 1 aromatic carbocycles. The number of hydrogen-bond acceptors (Lipinski definition) is 7. The smallest absolute Gasteiger partial charge is 0.257 e. The van der Waals surface area contributed by atoms with Crippen molar-refractivity contribution >= 4 is 46.3 Å². The number of thioether (sulfide) groups is 1. The summed E-state index contributed by atoms with van der Waals surface area (Å²) in [7, 11) is 0. The van der Waals surface area contributed by atoms with Crippen LogP contribution in [0.2, 0.25) is 10.0 Å². The van der Waals surface area contributed by atoms with Gasteiger partial charge in [0.25, 0.3) is 5.89 Å². The second-order valence-electron chi connectivity index (χ2n) is 6.01. The summed E-state index contributed by atoms with van der Waals surface area (Å²) in [6.45, 7) is 6.35. The summed E-state index contributed by atoms with van der Waals surface area (Å²) in [5.41, 5.74) is 0.752. The highest BCUT2D eigenvalue weighted by molar-refractivity contribution is 7.99. The van der Waals surface area contributed by atoms with E-state index in [1.807, 2.05) is 35.1 Å². The molecule has 0 aliphatic heterocycles. The van der Waals surface area contributed by atoms with Gasteiger partial charge < -0.3 is 4.42 Å². The molecule has 0 aliphatic rings. The average Bonchev–Trinajstić information content (AvgIpc) is 3.43. The summed E-state index contributed by atoms with van der Waals surface area (Å²) in [6.07, 6.45) is 1.78. The third kappa shape index (κ3) is 4.25. The highest BCUT2D eigenvalue weighted by atomic mass is 35.5. The molecule has 29 heavy (non-hydrogen) atoms. The summed E-state index contributed by atoms with van der Waals surface area (Å²) in [4.78, 5) is 0.940. The largest absolute Gasteiger partial charge is 0.419 e. The molecule has 0 N–H and O–H groups in total. The standard InChI is InChI=1S/C19H15Cl2N5OS2/c1-3-8-26-16(13-7-6-12(20)10-14(13)21)22-25-19(26)29-11(2)17-23-24-18(27-17)15-5-4-9-28-15/h3-7,9-11H,1,8H2,2H3/t11-/m0/s1. The maximum Gasteiger partial charge on any atom is 0.257 e. The Balaban J connectivity index is 1.62. The Kier molecular flexibility index (Phi) is 6.05. The first kappa shape index (κ1) is 20.2. The van der Waals surface area contributed by atoms with Crippen LogP contribution in [0.3, 0.4) is 0 Å². The molecule has 0 amide bonds. The zero-order chi connectivity index (χ0) is 20.4. The molecule has 148 valence electrons. The topological polar surface area (TPSA) is 69.6 Å². The Morgan fingerprint density at radius 2 is 2.10 bits per heavy atom. The van der Waals surface area contributed by atoms with Crippen molar-refractivity contribution in [2.75, 3.05) is 0 Å². The molecule has 3 heterocycles. The Morgan fingerprint density at radius 3 is 2.83 bits per heavy atom. The van der Waals surface area contributed by atoms with E-state index in [2.05, 4.69) is 27.0 Å². The van der Waals surface area contributed by atoms with E-state index in [-0.39, 0.29) is 5.25 Å². The van der Waals surface area contributed by atoms with Crippen molar-refractivity contribution in [1.29, 1.82) is 0 Å². The number of thiophene rings is 1. The second-order valence-corrected chi connectivity index (χ2v) is 9.11. The molecule has 10 heteroatoms. The maximum atomic E-state index is 6.37. The SMILES string of the molecule is C=CCn1c(S[C@@H](C)c2nnc(-c3cccs3)o2)nnc1-c1ccc(Cl)cc1Cl. The van der Waals surface area contributed by atoms with E-state index < -0.39 is 0 Å². The van der Waals surface area contributed by atoms with Gasteiger partial charge in [-0.15, -0.1) is 38.3 Å². The summed E-state index contributed by atoms with van der Waals surface area (Å²) >= 11 is 15.4. The molecule has 0 saturated carbocycles. The molecule has 0 unspecified atom stereocenters. The third-order valence-electron chi connectivity index (χ3n) is 4.00. The first-order valence-electron chi connectivity index (χ1n) is 8.60. The number of nitrogens with zero attached hydrogens (tertiary/aromatic N) is 5. The van der Waals surface area contributed by atoms with Crippen molar-refractivity contribution in [3.63, 3.8) is 0 Å². The molecule has 0 spiro atoms. The monoisotopic (exact) mass is 463 g/mol. The van der Waals surface area contributed by atoms with Gasteiger partial charge in [-0.2, -0.15) is 0 Å². The van der Waals surface area contributed by atoms with Crippen molar-refractivity contribution in [3.8, 4) is 22.2 Å². The summed E-state index contributed by atoms with van der Waals surface area (Å²) in [5, 5.41) is 20.7. The van der Waals surface area contributed by atoms with Crippen LogP contribution in [0.4, 0.5) is 0 Å². The molecule has 0 bridgehead atoms. The van der Waals surface area contributed by atoms with E-state index in [4.69, 9.17) is 27.6 Å².